The number of piperidine rings is 1. The maximum absolute atomic E-state index is 14.1. The Bertz CT molecular complexity index is 1040. The van der Waals surface area contributed by atoms with Gasteiger partial charge in [0.05, 0.1) is 22.3 Å². The summed E-state index contributed by atoms with van der Waals surface area (Å²) < 4.78 is 19.9. The Balaban J connectivity index is 1.51. The number of carbonyl (C=O) groups excluding carboxylic acids is 1. The molecule has 4 rings (SSSR count). The van der Waals surface area contributed by atoms with Crippen LogP contribution in [0.25, 0.3) is 0 Å². The summed E-state index contributed by atoms with van der Waals surface area (Å²) in [6.07, 6.45) is 2.20. The third-order valence-corrected chi connectivity index (χ3v) is 6.42. The van der Waals surface area contributed by atoms with Gasteiger partial charge < -0.3 is 25.2 Å². The molecule has 2 aliphatic rings. The number of fused-ring (bicyclic) bond motifs is 1. The number of pyridine rings is 1. The topological polar surface area (TPSA) is 94.9 Å². The number of carbonyl (C=O) groups is 1. The number of aliphatic hydroxyl groups is 2. The van der Waals surface area contributed by atoms with E-state index >= 15 is 0 Å². The Labute approximate surface area is 188 Å². The van der Waals surface area contributed by atoms with Crippen LogP contribution >= 0.6 is 23.2 Å². The third-order valence-electron chi connectivity index (χ3n) is 5.94. The van der Waals surface area contributed by atoms with Gasteiger partial charge in [0.1, 0.15) is 35.2 Å². The molecule has 2 aliphatic heterocycles. The van der Waals surface area contributed by atoms with Gasteiger partial charge in [-0.05, 0) is 38.0 Å². The van der Waals surface area contributed by atoms with Crippen molar-refractivity contribution in [2.45, 2.75) is 37.4 Å². The normalized spacial score (nSPS) is 25.7. The Hall–Kier alpha value is -2.13. The number of rotatable bonds is 4. The van der Waals surface area contributed by atoms with Gasteiger partial charge in [0.25, 0.3) is 0 Å². The van der Waals surface area contributed by atoms with E-state index < -0.39 is 17.0 Å². The van der Waals surface area contributed by atoms with Crippen LogP contribution in [0.1, 0.15) is 25.3 Å². The number of β-amino-alcohol motifs (C(OH)–C–C–N with tert-alkyl or cyclic N) is 1. The lowest BCUT2D eigenvalue weighted by atomic mass is 9.78. The van der Waals surface area contributed by atoms with Gasteiger partial charge in [-0.2, -0.15) is 0 Å². The van der Waals surface area contributed by atoms with Gasteiger partial charge in [-0.25, -0.2) is 9.37 Å². The molecule has 166 valence electrons. The molecular weight excluding hydrogens is 448 g/mol. The van der Waals surface area contributed by atoms with Gasteiger partial charge in [-0.1, -0.05) is 23.2 Å². The van der Waals surface area contributed by atoms with Gasteiger partial charge in [0, 0.05) is 24.7 Å². The summed E-state index contributed by atoms with van der Waals surface area (Å²) >= 11 is 12.1. The first-order chi connectivity index (χ1) is 14.6. The number of ether oxygens (including phenoxy) is 1. The van der Waals surface area contributed by atoms with E-state index in [1.165, 1.54) is 25.3 Å². The maximum atomic E-state index is 14.1. The SMILES string of the molecule is CC1(O)CN(c2ncc(Cl)cc2Cl)CCC1(O)COc1ccc(F)c2c1CCC(=O)N2. The van der Waals surface area contributed by atoms with Crippen molar-refractivity contribution in [2.75, 3.05) is 29.9 Å². The fraction of sp³-hybridized carbons (Fsp3) is 0.429. The predicted octanol–water partition coefficient (Wildman–Crippen LogP) is 3.18. The molecule has 0 bridgehead atoms. The lowest BCUT2D eigenvalue weighted by Gasteiger charge is -2.48. The minimum Gasteiger partial charge on any atom is -0.490 e. The van der Waals surface area contributed by atoms with Gasteiger partial charge >= 0.3 is 0 Å². The largest absolute Gasteiger partial charge is 0.490 e. The number of benzene rings is 1. The molecule has 7 nitrogen and oxygen atoms in total. The molecule has 3 N–H and O–H groups in total. The highest BCUT2D eigenvalue weighted by Crippen LogP contribution is 2.38. The van der Waals surface area contributed by atoms with Crippen LogP contribution in [0, 0.1) is 5.82 Å². The van der Waals surface area contributed by atoms with Crippen LogP contribution < -0.4 is 15.0 Å². The van der Waals surface area contributed by atoms with Crippen molar-refractivity contribution in [3.8, 4) is 5.75 Å². The zero-order valence-corrected chi connectivity index (χ0v) is 18.3. The average molecular weight is 470 g/mol. The Morgan fingerprint density at radius 2 is 2.10 bits per heavy atom. The van der Waals surface area contributed by atoms with Crippen LogP contribution in [0.4, 0.5) is 15.9 Å². The summed E-state index contributed by atoms with van der Waals surface area (Å²) in [5.74, 6) is 0.0387. The number of nitrogens with one attached hydrogen (secondary N) is 1. The van der Waals surface area contributed by atoms with E-state index in [1.807, 2.05) is 0 Å². The molecule has 1 fully saturated rings. The zero-order chi connectivity index (χ0) is 22.4. The summed E-state index contributed by atoms with van der Waals surface area (Å²) in [6, 6.07) is 4.25. The summed E-state index contributed by atoms with van der Waals surface area (Å²) in [7, 11) is 0. The molecule has 0 aliphatic carbocycles. The van der Waals surface area contributed by atoms with Crippen molar-refractivity contribution in [3.05, 3.63) is 45.8 Å². The Morgan fingerprint density at radius 1 is 1.32 bits per heavy atom. The molecule has 2 atom stereocenters. The van der Waals surface area contributed by atoms with Gasteiger partial charge in [0.2, 0.25) is 5.91 Å². The second-order valence-electron chi connectivity index (χ2n) is 8.17. The number of halogens is 3. The second-order valence-corrected chi connectivity index (χ2v) is 9.02. The van der Waals surface area contributed by atoms with Crippen LogP contribution in [0.3, 0.4) is 0 Å². The molecule has 3 heterocycles. The number of hydrogen-bond acceptors (Lipinski definition) is 6. The van der Waals surface area contributed by atoms with E-state index in [2.05, 4.69) is 10.3 Å². The van der Waals surface area contributed by atoms with E-state index in [0.717, 1.165) is 0 Å². The number of aromatic nitrogens is 1. The van der Waals surface area contributed by atoms with E-state index in [0.29, 0.717) is 40.1 Å². The lowest BCUT2D eigenvalue weighted by molar-refractivity contribution is -0.166. The number of amides is 1. The molecule has 0 radical (unpaired) electrons. The van der Waals surface area contributed by atoms with Crippen molar-refractivity contribution in [1.82, 2.24) is 4.98 Å². The molecule has 0 spiro atoms. The first-order valence-corrected chi connectivity index (χ1v) is 10.6. The average Bonchev–Trinajstić information content (AvgIpc) is 2.70. The summed E-state index contributed by atoms with van der Waals surface area (Å²) in [5.41, 5.74) is -2.48. The molecule has 0 saturated carbocycles. The second kappa shape index (κ2) is 8.09. The van der Waals surface area contributed by atoms with E-state index in [9.17, 15) is 19.4 Å². The zero-order valence-electron chi connectivity index (χ0n) is 16.8. The van der Waals surface area contributed by atoms with Crippen LogP contribution in [0.15, 0.2) is 24.4 Å². The Morgan fingerprint density at radius 3 is 2.81 bits per heavy atom. The van der Waals surface area contributed by atoms with Crippen LogP contribution in [0.2, 0.25) is 10.0 Å². The molecule has 2 unspecified atom stereocenters. The highest BCUT2D eigenvalue weighted by molar-refractivity contribution is 6.36. The van der Waals surface area contributed by atoms with Crippen molar-refractivity contribution in [3.63, 3.8) is 0 Å². The molecule has 1 amide bonds. The number of hydrogen-bond donors (Lipinski definition) is 3. The first kappa shape index (κ1) is 22.1. The third kappa shape index (κ3) is 4.17. The van der Waals surface area contributed by atoms with Gasteiger partial charge in [0.15, 0.2) is 0 Å². The molecule has 2 aromatic rings. The van der Waals surface area contributed by atoms with Crippen LogP contribution in [-0.2, 0) is 11.2 Å². The fourth-order valence-electron chi connectivity index (χ4n) is 3.99. The highest BCUT2D eigenvalue weighted by atomic mass is 35.5. The monoisotopic (exact) mass is 469 g/mol. The molecule has 31 heavy (non-hydrogen) atoms. The van der Waals surface area contributed by atoms with Crippen LogP contribution in [-0.4, -0.2) is 52.0 Å². The van der Waals surface area contributed by atoms with Crippen molar-refractivity contribution < 1.29 is 24.1 Å². The first-order valence-electron chi connectivity index (χ1n) is 9.84. The summed E-state index contributed by atoms with van der Waals surface area (Å²) in [4.78, 5) is 17.6. The molecule has 1 aromatic heterocycles. The van der Waals surface area contributed by atoms with Crippen molar-refractivity contribution in [2.24, 2.45) is 0 Å². The number of anilines is 2. The summed E-state index contributed by atoms with van der Waals surface area (Å²) in [6.45, 7) is 1.76. The maximum Gasteiger partial charge on any atom is 0.224 e. The van der Waals surface area contributed by atoms with Crippen molar-refractivity contribution >= 4 is 40.6 Å². The Kier molecular flexibility index (Phi) is 5.76. The van der Waals surface area contributed by atoms with Crippen LogP contribution in [0.5, 0.6) is 5.75 Å². The molecular formula is C21H22Cl2FN3O4. The fourth-order valence-corrected chi connectivity index (χ4v) is 4.49. The quantitative estimate of drug-likeness (QED) is 0.636. The minimum absolute atomic E-state index is 0.0682. The van der Waals surface area contributed by atoms with E-state index in [-0.39, 0.29) is 37.6 Å². The van der Waals surface area contributed by atoms with Gasteiger partial charge in [-0.15, -0.1) is 0 Å². The van der Waals surface area contributed by atoms with E-state index in [1.54, 1.807) is 11.0 Å². The lowest BCUT2D eigenvalue weighted by Crippen LogP contribution is -2.66. The molecule has 1 saturated heterocycles. The molecule has 10 heteroatoms. The smallest absolute Gasteiger partial charge is 0.224 e. The van der Waals surface area contributed by atoms with E-state index in [4.69, 9.17) is 27.9 Å². The summed E-state index contributed by atoms with van der Waals surface area (Å²) in [5, 5.41) is 25.6. The standard InChI is InChI=1S/C21H22Cl2FN3O4/c1-20(29)10-27(19-14(23)8-12(22)9-25-19)7-6-21(20,30)11-31-16-4-3-15(24)18-13(16)2-5-17(28)26-18/h3-4,8-9,29-30H,2,5-7,10-11H2,1H3,(H,26,28). The highest BCUT2D eigenvalue weighted by Gasteiger charge is 2.51. The number of nitrogens with zero attached hydrogens (tertiary/aromatic N) is 2. The minimum atomic E-state index is -1.57. The predicted molar refractivity (Wildman–Crippen MR) is 116 cm³/mol. The van der Waals surface area contributed by atoms with Gasteiger partial charge in [-0.3, -0.25) is 4.79 Å². The molecule has 1 aromatic carbocycles. The van der Waals surface area contributed by atoms with Crippen molar-refractivity contribution in [1.29, 1.82) is 0 Å².